The van der Waals surface area contributed by atoms with Gasteiger partial charge in [-0.3, -0.25) is 0 Å². The summed E-state index contributed by atoms with van der Waals surface area (Å²) < 4.78 is 16.4. The highest BCUT2D eigenvalue weighted by Crippen LogP contribution is 2.53. The van der Waals surface area contributed by atoms with Gasteiger partial charge in [0.15, 0.2) is 11.7 Å². The lowest BCUT2D eigenvalue weighted by Gasteiger charge is -2.17. The van der Waals surface area contributed by atoms with Crippen molar-refractivity contribution in [1.82, 2.24) is 0 Å². The Hall–Kier alpha value is -2.33. The summed E-state index contributed by atoms with van der Waals surface area (Å²) in [5, 5.41) is 0. The lowest BCUT2D eigenvalue weighted by Crippen LogP contribution is -2.23. The van der Waals surface area contributed by atoms with Crippen molar-refractivity contribution in [3.63, 3.8) is 0 Å². The predicted octanol–water partition coefficient (Wildman–Crippen LogP) is 3.21. The summed E-state index contributed by atoms with van der Waals surface area (Å²) in [7, 11) is 1.62. The Morgan fingerprint density at radius 2 is 2.00 bits per heavy atom. The molecule has 1 saturated heterocycles. The number of rotatable bonds is 5. The number of carbonyl (C=O) groups is 1. The maximum absolute atomic E-state index is 12.3. The van der Waals surface area contributed by atoms with E-state index in [4.69, 9.17) is 14.2 Å². The van der Waals surface area contributed by atoms with Crippen LogP contribution in [0, 0.1) is 6.92 Å². The molecule has 1 aliphatic heterocycles. The molecule has 0 amide bonds. The Kier molecular flexibility index (Phi) is 4.09. The van der Waals surface area contributed by atoms with Crippen molar-refractivity contribution in [2.45, 2.75) is 25.6 Å². The van der Waals surface area contributed by atoms with Crippen LogP contribution < -0.4 is 4.74 Å². The molecule has 3 rings (SSSR count). The minimum absolute atomic E-state index is 0.334. The van der Waals surface area contributed by atoms with Gasteiger partial charge in [0.05, 0.1) is 13.7 Å². The lowest BCUT2D eigenvalue weighted by atomic mass is 9.85. The van der Waals surface area contributed by atoms with Gasteiger partial charge in [0.1, 0.15) is 5.75 Å². The maximum Gasteiger partial charge on any atom is 0.339 e. The summed E-state index contributed by atoms with van der Waals surface area (Å²) in [4.78, 5) is 12.3. The van der Waals surface area contributed by atoms with Crippen LogP contribution in [0.3, 0.4) is 0 Å². The highest BCUT2D eigenvalue weighted by Gasteiger charge is 2.64. The third-order valence-electron chi connectivity index (χ3n) is 4.16. The van der Waals surface area contributed by atoms with Crippen molar-refractivity contribution in [1.29, 1.82) is 0 Å². The Balaban J connectivity index is 2.09. The van der Waals surface area contributed by atoms with Crippen molar-refractivity contribution >= 4 is 5.97 Å². The third-order valence-corrected chi connectivity index (χ3v) is 4.16. The number of esters is 1. The number of methoxy groups -OCH3 is 1. The van der Waals surface area contributed by atoms with Crippen molar-refractivity contribution in [3.8, 4) is 5.75 Å². The minimum Gasteiger partial charge on any atom is -0.497 e. The Morgan fingerprint density at radius 3 is 2.70 bits per heavy atom. The molecule has 0 N–H and O–H groups in total. The van der Waals surface area contributed by atoms with E-state index >= 15 is 0 Å². The minimum atomic E-state index is -0.799. The monoisotopic (exact) mass is 312 g/mol. The third kappa shape index (κ3) is 2.59. The first-order valence-corrected chi connectivity index (χ1v) is 7.68. The number of epoxide rings is 1. The zero-order valence-electron chi connectivity index (χ0n) is 13.5. The van der Waals surface area contributed by atoms with E-state index in [2.05, 4.69) is 0 Å². The van der Waals surface area contributed by atoms with Gasteiger partial charge in [-0.25, -0.2) is 4.79 Å². The molecule has 0 saturated carbocycles. The summed E-state index contributed by atoms with van der Waals surface area (Å²) in [5.74, 6) is 0.396. The molecule has 120 valence electrons. The quantitative estimate of drug-likeness (QED) is 0.628. The molecule has 2 aromatic rings. The fourth-order valence-electron chi connectivity index (χ4n) is 3.01. The van der Waals surface area contributed by atoms with Crippen LogP contribution >= 0.6 is 0 Å². The van der Waals surface area contributed by atoms with Crippen molar-refractivity contribution in [3.05, 3.63) is 65.2 Å². The van der Waals surface area contributed by atoms with Gasteiger partial charge in [-0.15, -0.1) is 0 Å². The van der Waals surface area contributed by atoms with Gasteiger partial charge >= 0.3 is 5.97 Å². The van der Waals surface area contributed by atoms with Crippen LogP contribution in [0.4, 0.5) is 0 Å². The molecule has 0 radical (unpaired) electrons. The molecule has 4 heteroatoms. The molecule has 1 fully saturated rings. The normalized spacial score (nSPS) is 22.5. The van der Waals surface area contributed by atoms with Gasteiger partial charge in [-0.2, -0.15) is 0 Å². The average Bonchev–Trinajstić information content (AvgIpc) is 3.32. The lowest BCUT2D eigenvalue weighted by molar-refractivity contribution is -0.144. The second kappa shape index (κ2) is 6.05. The second-order valence-electron chi connectivity index (χ2n) is 5.53. The number of carbonyl (C=O) groups excluding carboxylic acids is 1. The molecule has 0 aromatic heterocycles. The SMILES string of the molecule is CCOC(=O)C1OC1(c1cccc(OC)c1)c1ccccc1C. The van der Waals surface area contributed by atoms with Gasteiger partial charge in [0, 0.05) is 0 Å². The Labute approximate surface area is 136 Å². The summed E-state index contributed by atoms with van der Waals surface area (Å²) >= 11 is 0. The van der Waals surface area contributed by atoms with Crippen LogP contribution in [0.2, 0.25) is 0 Å². The zero-order valence-corrected chi connectivity index (χ0v) is 13.5. The summed E-state index contributed by atoms with van der Waals surface area (Å²) in [5.41, 5.74) is 2.14. The molecule has 2 atom stereocenters. The van der Waals surface area contributed by atoms with E-state index in [0.29, 0.717) is 6.61 Å². The average molecular weight is 312 g/mol. The van der Waals surface area contributed by atoms with Gasteiger partial charge in [0.25, 0.3) is 0 Å². The number of benzene rings is 2. The standard InChI is InChI=1S/C19H20O4/c1-4-22-18(20)17-19(23-17,16-11-6-5-8-13(16)2)14-9-7-10-15(12-14)21-3/h5-12,17H,4H2,1-3H3. The van der Waals surface area contributed by atoms with Gasteiger partial charge < -0.3 is 14.2 Å². The molecular weight excluding hydrogens is 292 g/mol. The topological polar surface area (TPSA) is 48.1 Å². The van der Waals surface area contributed by atoms with Crippen molar-refractivity contribution in [2.75, 3.05) is 13.7 Å². The molecule has 23 heavy (non-hydrogen) atoms. The van der Waals surface area contributed by atoms with E-state index in [1.54, 1.807) is 14.0 Å². The highest BCUT2D eigenvalue weighted by molar-refractivity contribution is 5.82. The van der Waals surface area contributed by atoms with Gasteiger partial charge in [0.2, 0.25) is 0 Å². The van der Waals surface area contributed by atoms with Crippen LogP contribution in [-0.4, -0.2) is 25.8 Å². The number of hydrogen-bond acceptors (Lipinski definition) is 4. The zero-order chi connectivity index (χ0) is 16.4. The molecular formula is C19H20O4. The molecule has 0 bridgehead atoms. The van der Waals surface area contributed by atoms with Crippen molar-refractivity contribution < 1.29 is 19.0 Å². The number of aryl methyl sites for hydroxylation is 1. The maximum atomic E-state index is 12.3. The summed E-state index contributed by atoms with van der Waals surface area (Å²) in [6, 6.07) is 15.6. The molecule has 1 aliphatic rings. The largest absolute Gasteiger partial charge is 0.497 e. The highest BCUT2D eigenvalue weighted by atomic mass is 16.7. The van der Waals surface area contributed by atoms with Crippen LogP contribution in [-0.2, 0) is 19.9 Å². The Morgan fingerprint density at radius 1 is 1.22 bits per heavy atom. The van der Waals surface area contributed by atoms with Crippen LogP contribution in [0.1, 0.15) is 23.6 Å². The van der Waals surface area contributed by atoms with E-state index < -0.39 is 11.7 Å². The molecule has 4 nitrogen and oxygen atoms in total. The fraction of sp³-hybridized carbons (Fsp3) is 0.316. The molecule has 2 aromatic carbocycles. The van der Waals surface area contributed by atoms with E-state index in [1.165, 1.54) is 0 Å². The first-order chi connectivity index (χ1) is 11.1. The molecule has 0 aliphatic carbocycles. The fourth-order valence-corrected chi connectivity index (χ4v) is 3.01. The van der Waals surface area contributed by atoms with Gasteiger partial charge in [-0.1, -0.05) is 36.4 Å². The smallest absolute Gasteiger partial charge is 0.339 e. The first-order valence-electron chi connectivity index (χ1n) is 7.68. The van der Waals surface area contributed by atoms with Crippen LogP contribution in [0.5, 0.6) is 5.75 Å². The first kappa shape index (κ1) is 15.6. The van der Waals surface area contributed by atoms with Gasteiger partial charge in [-0.05, 0) is 42.7 Å². The van der Waals surface area contributed by atoms with Crippen LogP contribution in [0.25, 0.3) is 0 Å². The Bertz CT molecular complexity index is 725. The second-order valence-corrected chi connectivity index (χ2v) is 5.53. The van der Waals surface area contributed by atoms with E-state index in [0.717, 1.165) is 22.4 Å². The molecule has 1 heterocycles. The predicted molar refractivity (Wildman–Crippen MR) is 86.5 cm³/mol. The molecule has 2 unspecified atom stereocenters. The van der Waals surface area contributed by atoms with E-state index in [9.17, 15) is 4.79 Å². The van der Waals surface area contributed by atoms with Crippen LogP contribution in [0.15, 0.2) is 48.5 Å². The molecule has 0 spiro atoms. The summed E-state index contributed by atoms with van der Waals surface area (Å²) in [6.07, 6.45) is -0.629. The number of ether oxygens (including phenoxy) is 3. The van der Waals surface area contributed by atoms with Crippen molar-refractivity contribution in [2.24, 2.45) is 0 Å². The number of hydrogen-bond donors (Lipinski definition) is 0. The summed E-state index contributed by atoms with van der Waals surface area (Å²) in [6.45, 7) is 4.14. The van der Waals surface area contributed by atoms with E-state index in [1.807, 2.05) is 55.5 Å². The van der Waals surface area contributed by atoms with E-state index in [-0.39, 0.29) is 5.97 Å².